The van der Waals surface area contributed by atoms with Crippen LogP contribution in [0.15, 0.2) is 48.5 Å². The Hall–Kier alpha value is -3.40. The molecule has 0 unspecified atom stereocenters. The zero-order valence-electron chi connectivity index (χ0n) is 19.2. The molecule has 2 aliphatic rings. The molecule has 2 aromatic rings. The predicted octanol–water partition coefficient (Wildman–Crippen LogP) is 3.22. The Kier molecular flexibility index (Phi) is 7.39. The van der Waals surface area contributed by atoms with Crippen LogP contribution < -0.4 is 5.32 Å². The van der Waals surface area contributed by atoms with Crippen LogP contribution in [0, 0.1) is 0 Å². The van der Waals surface area contributed by atoms with E-state index in [0.717, 1.165) is 24.6 Å². The number of nitrogens with zero attached hydrogens (tertiary/aromatic N) is 3. The van der Waals surface area contributed by atoms with Crippen molar-refractivity contribution in [1.29, 1.82) is 0 Å². The van der Waals surface area contributed by atoms with Crippen molar-refractivity contribution in [2.45, 2.75) is 25.6 Å². The molecule has 2 aromatic carbocycles. The number of likely N-dealkylation sites (tertiary alicyclic amines) is 1. The van der Waals surface area contributed by atoms with Gasteiger partial charge in [-0.1, -0.05) is 24.3 Å². The van der Waals surface area contributed by atoms with E-state index >= 15 is 0 Å². The number of alkyl halides is 3. The minimum Gasteiger partial charge on any atom is -0.338 e. The van der Waals surface area contributed by atoms with E-state index < -0.39 is 17.6 Å². The maximum Gasteiger partial charge on any atom is 0.418 e. The molecule has 2 fully saturated rings. The average molecular weight is 489 g/mol. The average Bonchev–Trinajstić information content (AvgIpc) is 3.23. The lowest BCUT2D eigenvalue weighted by Gasteiger charge is -2.34. The summed E-state index contributed by atoms with van der Waals surface area (Å²) in [4.78, 5) is 42.6. The fourth-order valence-corrected chi connectivity index (χ4v) is 4.42. The fourth-order valence-electron chi connectivity index (χ4n) is 4.42. The van der Waals surface area contributed by atoms with Gasteiger partial charge in [0.2, 0.25) is 11.8 Å². The first-order valence-corrected chi connectivity index (χ1v) is 11.5. The Labute approximate surface area is 201 Å². The number of carbonyl (C=O) groups excluding carboxylic acids is 3. The molecule has 0 saturated carbocycles. The van der Waals surface area contributed by atoms with E-state index in [1.54, 1.807) is 15.9 Å². The number of anilines is 1. The van der Waals surface area contributed by atoms with Crippen LogP contribution in [0.5, 0.6) is 0 Å². The monoisotopic (exact) mass is 488 g/mol. The summed E-state index contributed by atoms with van der Waals surface area (Å²) < 4.78 is 39.4. The highest BCUT2D eigenvalue weighted by Gasteiger charge is 2.33. The minimum atomic E-state index is -4.56. The molecule has 0 radical (unpaired) electrons. The normalized spacial score (nSPS) is 17.1. The van der Waals surface area contributed by atoms with Crippen LogP contribution >= 0.6 is 0 Å². The summed E-state index contributed by atoms with van der Waals surface area (Å²) in [7, 11) is 0. The molecule has 7 nitrogen and oxygen atoms in total. The van der Waals surface area contributed by atoms with E-state index in [0.29, 0.717) is 44.7 Å². The molecule has 2 saturated heterocycles. The van der Waals surface area contributed by atoms with Crippen molar-refractivity contribution < 1.29 is 27.6 Å². The number of carbonyl (C=O) groups is 3. The van der Waals surface area contributed by atoms with Crippen LogP contribution in [-0.2, 0) is 22.3 Å². The van der Waals surface area contributed by atoms with Crippen molar-refractivity contribution in [3.05, 3.63) is 65.2 Å². The molecule has 0 atom stereocenters. The van der Waals surface area contributed by atoms with Crippen LogP contribution in [0.1, 0.15) is 34.3 Å². The third kappa shape index (κ3) is 6.19. The highest BCUT2D eigenvalue weighted by Crippen LogP contribution is 2.34. The number of benzene rings is 2. The lowest BCUT2D eigenvalue weighted by Crippen LogP contribution is -2.50. The predicted molar refractivity (Wildman–Crippen MR) is 124 cm³/mol. The first-order chi connectivity index (χ1) is 16.7. The molecule has 186 valence electrons. The molecule has 3 amide bonds. The molecular weight excluding hydrogens is 461 g/mol. The van der Waals surface area contributed by atoms with Crippen LogP contribution in [-0.4, -0.2) is 71.7 Å². The van der Waals surface area contributed by atoms with Gasteiger partial charge in [-0.05, 0) is 36.2 Å². The SMILES string of the molecule is O=C(CN1CCN(C(=O)c2cccc(CN3CCCC3=O)c2)CC1)Nc1ccccc1C(F)(F)F. The molecule has 0 spiro atoms. The van der Waals surface area contributed by atoms with Crippen LogP contribution in [0.4, 0.5) is 18.9 Å². The van der Waals surface area contributed by atoms with Crippen molar-refractivity contribution in [2.75, 3.05) is 44.6 Å². The second-order valence-electron chi connectivity index (χ2n) is 8.78. The Morgan fingerprint density at radius 1 is 0.943 bits per heavy atom. The summed E-state index contributed by atoms with van der Waals surface area (Å²) in [6.07, 6.45) is -3.14. The second-order valence-corrected chi connectivity index (χ2v) is 8.78. The smallest absolute Gasteiger partial charge is 0.338 e. The van der Waals surface area contributed by atoms with E-state index in [4.69, 9.17) is 0 Å². The summed E-state index contributed by atoms with van der Waals surface area (Å²) in [5.41, 5.74) is 0.291. The highest BCUT2D eigenvalue weighted by atomic mass is 19.4. The van der Waals surface area contributed by atoms with E-state index in [-0.39, 0.29) is 24.0 Å². The molecule has 0 aliphatic carbocycles. The number of nitrogens with one attached hydrogen (secondary N) is 1. The molecule has 2 aliphatic heterocycles. The third-order valence-corrected chi connectivity index (χ3v) is 6.25. The lowest BCUT2D eigenvalue weighted by atomic mass is 10.1. The maximum atomic E-state index is 13.1. The van der Waals surface area contributed by atoms with Gasteiger partial charge in [-0.2, -0.15) is 13.2 Å². The van der Waals surface area contributed by atoms with Crippen LogP contribution in [0.25, 0.3) is 0 Å². The van der Waals surface area contributed by atoms with Crippen molar-refractivity contribution >= 4 is 23.4 Å². The molecule has 0 bridgehead atoms. The van der Waals surface area contributed by atoms with E-state index in [9.17, 15) is 27.6 Å². The van der Waals surface area contributed by atoms with Crippen LogP contribution in [0.2, 0.25) is 0 Å². The van der Waals surface area contributed by atoms with Crippen molar-refractivity contribution in [1.82, 2.24) is 14.7 Å². The van der Waals surface area contributed by atoms with Gasteiger partial charge in [0.1, 0.15) is 0 Å². The number of hydrogen-bond acceptors (Lipinski definition) is 4. The number of hydrogen-bond donors (Lipinski definition) is 1. The fraction of sp³-hybridized carbons (Fsp3) is 0.400. The van der Waals surface area contributed by atoms with Gasteiger partial charge in [0.25, 0.3) is 5.91 Å². The molecular formula is C25H27F3N4O3. The number of piperazine rings is 1. The Balaban J connectivity index is 1.29. The van der Waals surface area contributed by atoms with Gasteiger partial charge < -0.3 is 15.1 Å². The molecule has 4 rings (SSSR count). The van der Waals surface area contributed by atoms with E-state index in [1.807, 2.05) is 23.1 Å². The number of amides is 3. The molecule has 10 heteroatoms. The summed E-state index contributed by atoms with van der Waals surface area (Å²) in [6, 6.07) is 12.1. The first-order valence-electron chi connectivity index (χ1n) is 11.5. The summed E-state index contributed by atoms with van der Waals surface area (Å²) >= 11 is 0. The number of rotatable bonds is 6. The molecule has 2 heterocycles. The summed E-state index contributed by atoms with van der Waals surface area (Å²) in [5.74, 6) is -0.530. The Morgan fingerprint density at radius 3 is 2.37 bits per heavy atom. The van der Waals surface area contributed by atoms with Gasteiger partial charge in [-0.3, -0.25) is 19.3 Å². The lowest BCUT2D eigenvalue weighted by molar-refractivity contribution is -0.137. The van der Waals surface area contributed by atoms with Crippen LogP contribution in [0.3, 0.4) is 0 Å². The van der Waals surface area contributed by atoms with E-state index in [2.05, 4.69) is 5.32 Å². The topological polar surface area (TPSA) is 73.0 Å². The van der Waals surface area contributed by atoms with Gasteiger partial charge in [-0.15, -0.1) is 0 Å². The Bertz CT molecular complexity index is 1100. The first kappa shape index (κ1) is 24.7. The van der Waals surface area contributed by atoms with Gasteiger partial charge in [0.05, 0.1) is 17.8 Å². The standard InChI is InChI=1S/C25H27F3N4O3/c26-25(27,28)20-7-1-2-8-21(20)29-22(33)17-30-11-13-31(14-12-30)24(35)19-6-3-5-18(15-19)16-32-10-4-9-23(32)34/h1-3,5-8,15H,4,9-14,16-17H2,(H,29,33). The van der Waals surface area contributed by atoms with Gasteiger partial charge >= 0.3 is 6.18 Å². The largest absolute Gasteiger partial charge is 0.418 e. The zero-order chi connectivity index (χ0) is 25.0. The number of halogens is 3. The van der Waals surface area contributed by atoms with E-state index in [1.165, 1.54) is 18.2 Å². The quantitative estimate of drug-likeness (QED) is 0.678. The van der Waals surface area contributed by atoms with Crippen molar-refractivity contribution in [3.63, 3.8) is 0 Å². The third-order valence-electron chi connectivity index (χ3n) is 6.25. The minimum absolute atomic E-state index is 0.0619. The summed E-state index contributed by atoms with van der Waals surface area (Å²) in [6.45, 7) is 2.83. The Morgan fingerprint density at radius 2 is 1.69 bits per heavy atom. The van der Waals surface area contributed by atoms with Gasteiger partial charge in [0.15, 0.2) is 0 Å². The number of para-hydroxylation sites is 1. The van der Waals surface area contributed by atoms with Gasteiger partial charge in [0, 0.05) is 51.3 Å². The second kappa shape index (κ2) is 10.5. The molecule has 35 heavy (non-hydrogen) atoms. The summed E-state index contributed by atoms with van der Waals surface area (Å²) in [5, 5.41) is 2.35. The molecule has 1 N–H and O–H groups in total. The highest BCUT2D eigenvalue weighted by molar-refractivity contribution is 5.95. The zero-order valence-corrected chi connectivity index (χ0v) is 19.2. The van der Waals surface area contributed by atoms with Crippen molar-refractivity contribution in [2.24, 2.45) is 0 Å². The molecule has 0 aromatic heterocycles. The van der Waals surface area contributed by atoms with Crippen molar-refractivity contribution in [3.8, 4) is 0 Å². The maximum absolute atomic E-state index is 13.1. The van der Waals surface area contributed by atoms with Gasteiger partial charge in [-0.25, -0.2) is 0 Å².